The van der Waals surface area contributed by atoms with Gasteiger partial charge < -0.3 is 15.0 Å². The minimum atomic E-state index is -2.33. The van der Waals surface area contributed by atoms with Crippen LogP contribution in [-0.4, -0.2) is 6.16 Å². The van der Waals surface area contributed by atoms with Crippen LogP contribution >= 0.6 is 0 Å². The molecule has 1 aromatic carbocycles. The fourth-order valence-electron chi connectivity index (χ4n) is 0.589. The molecule has 0 saturated carbocycles. The summed E-state index contributed by atoms with van der Waals surface area (Å²) in [4.78, 5) is 8.33. The Morgan fingerprint density at radius 3 is 1.71 bits per heavy atom. The number of hydrogen-bond acceptors (Lipinski definition) is 3. The van der Waals surface area contributed by atoms with E-state index in [1.54, 1.807) is 0 Å². The maximum atomic E-state index is 8.33. The molecule has 5 heteroatoms. The standard InChI is InChI=1S/C8H8.CH2O3.2Na/c1-2-8-6-4-3-5-7-8;2-1(3)4;;/h2-7H,1H2;(H2,2,3,4);;/q;;2*+1/p-2. The quantitative estimate of drug-likeness (QED) is 0.433. The van der Waals surface area contributed by atoms with E-state index >= 15 is 0 Å². The molecule has 0 atom stereocenters. The van der Waals surface area contributed by atoms with E-state index in [-0.39, 0.29) is 59.1 Å². The van der Waals surface area contributed by atoms with E-state index in [2.05, 4.69) is 6.58 Å². The van der Waals surface area contributed by atoms with Crippen LogP contribution in [0.3, 0.4) is 0 Å². The number of benzene rings is 1. The summed E-state index contributed by atoms with van der Waals surface area (Å²) < 4.78 is 0. The fourth-order valence-corrected chi connectivity index (χ4v) is 0.589. The minimum Gasteiger partial charge on any atom is -0.652 e. The van der Waals surface area contributed by atoms with Crippen LogP contribution in [0.5, 0.6) is 0 Å². The Kier molecular flexibility index (Phi) is 18.7. The van der Waals surface area contributed by atoms with E-state index in [4.69, 9.17) is 15.0 Å². The van der Waals surface area contributed by atoms with Gasteiger partial charge in [-0.3, -0.25) is 0 Å². The molecule has 1 aromatic rings. The summed E-state index contributed by atoms with van der Waals surface area (Å²) in [5.41, 5.74) is 1.17. The Bertz CT molecular complexity index is 245. The van der Waals surface area contributed by atoms with Crippen molar-refractivity contribution >= 4 is 12.2 Å². The molecule has 14 heavy (non-hydrogen) atoms. The van der Waals surface area contributed by atoms with Gasteiger partial charge in [-0.05, 0) is 11.7 Å². The normalized spacial score (nSPS) is 6.57. The molecule has 0 aromatic heterocycles. The summed E-state index contributed by atoms with van der Waals surface area (Å²) >= 11 is 0. The van der Waals surface area contributed by atoms with Crippen LogP contribution in [0.2, 0.25) is 0 Å². The molecular weight excluding hydrogens is 202 g/mol. The molecule has 0 heterocycles. The van der Waals surface area contributed by atoms with Gasteiger partial charge in [-0.1, -0.05) is 43.0 Å². The molecular formula is C9H8Na2O3. The predicted molar refractivity (Wildman–Crippen MR) is 41.9 cm³/mol. The van der Waals surface area contributed by atoms with Crippen LogP contribution in [-0.2, 0) is 0 Å². The number of hydrogen-bond donors (Lipinski definition) is 0. The van der Waals surface area contributed by atoms with E-state index in [0.717, 1.165) is 0 Å². The molecule has 0 aliphatic carbocycles. The van der Waals surface area contributed by atoms with Crippen molar-refractivity contribution in [3.63, 3.8) is 0 Å². The van der Waals surface area contributed by atoms with Crippen molar-refractivity contribution in [2.24, 2.45) is 0 Å². The second-order valence-corrected chi connectivity index (χ2v) is 1.86. The zero-order valence-corrected chi connectivity index (χ0v) is 12.4. The summed E-state index contributed by atoms with van der Waals surface area (Å²) in [6.07, 6.45) is -0.500. The first-order valence-corrected chi connectivity index (χ1v) is 3.22. The molecule has 0 amide bonds. The minimum absolute atomic E-state index is 0. The van der Waals surface area contributed by atoms with Crippen LogP contribution in [0.15, 0.2) is 36.9 Å². The van der Waals surface area contributed by atoms with Crippen molar-refractivity contribution in [2.75, 3.05) is 0 Å². The third-order valence-electron chi connectivity index (χ3n) is 1.04. The van der Waals surface area contributed by atoms with E-state index in [9.17, 15) is 0 Å². The zero-order chi connectivity index (χ0) is 9.40. The molecule has 64 valence electrons. The number of carbonyl (C=O) groups excluding carboxylic acids is 1. The van der Waals surface area contributed by atoms with E-state index in [1.807, 2.05) is 36.4 Å². The molecule has 0 N–H and O–H groups in total. The molecule has 0 saturated heterocycles. The maximum Gasteiger partial charge on any atom is 1.00 e. The molecule has 0 unspecified atom stereocenters. The summed E-state index contributed by atoms with van der Waals surface area (Å²) in [6.45, 7) is 3.63. The molecule has 0 fully saturated rings. The number of carbonyl (C=O) groups is 1. The summed E-state index contributed by atoms with van der Waals surface area (Å²) in [5, 5.41) is 16.7. The average molecular weight is 210 g/mol. The largest absolute Gasteiger partial charge is 1.00 e. The summed E-state index contributed by atoms with van der Waals surface area (Å²) in [5.74, 6) is 0. The van der Waals surface area contributed by atoms with Gasteiger partial charge in [0.15, 0.2) is 0 Å². The molecule has 0 bridgehead atoms. The summed E-state index contributed by atoms with van der Waals surface area (Å²) in [6, 6.07) is 10.0. The molecule has 0 radical (unpaired) electrons. The third kappa shape index (κ3) is 14.7. The first-order valence-electron chi connectivity index (χ1n) is 3.22. The van der Waals surface area contributed by atoms with Crippen molar-refractivity contribution in [2.45, 2.75) is 0 Å². The van der Waals surface area contributed by atoms with Crippen molar-refractivity contribution in [1.82, 2.24) is 0 Å². The Labute approximate surface area is 127 Å². The van der Waals surface area contributed by atoms with Gasteiger partial charge in [-0.2, -0.15) is 0 Å². The summed E-state index contributed by atoms with van der Waals surface area (Å²) in [7, 11) is 0. The van der Waals surface area contributed by atoms with Gasteiger partial charge in [0.25, 0.3) is 0 Å². The van der Waals surface area contributed by atoms with Crippen LogP contribution < -0.4 is 69.3 Å². The third-order valence-corrected chi connectivity index (χ3v) is 1.04. The molecule has 0 aliphatic rings. The van der Waals surface area contributed by atoms with Crippen LogP contribution in [0.25, 0.3) is 6.08 Å². The SMILES string of the molecule is C=Cc1ccccc1.O=C([O-])[O-].[Na+].[Na+]. The Morgan fingerprint density at radius 1 is 1.14 bits per heavy atom. The van der Waals surface area contributed by atoms with E-state index < -0.39 is 6.16 Å². The van der Waals surface area contributed by atoms with Crippen molar-refractivity contribution in [3.05, 3.63) is 42.5 Å². The van der Waals surface area contributed by atoms with Gasteiger partial charge in [0.05, 0.1) is 0 Å². The second kappa shape index (κ2) is 13.2. The van der Waals surface area contributed by atoms with Gasteiger partial charge in [0.2, 0.25) is 0 Å². The smallest absolute Gasteiger partial charge is 0.652 e. The van der Waals surface area contributed by atoms with Gasteiger partial charge in [0, 0.05) is 0 Å². The Balaban J connectivity index is -0.000000180. The number of rotatable bonds is 1. The van der Waals surface area contributed by atoms with E-state index in [0.29, 0.717) is 0 Å². The molecule has 1 rings (SSSR count). The van der Waals surface area contributed by atoms with Crippen LogP contribution in [0, 0.1) is 0 Å². The Hall–Kier alpha value is 0.230. The first-order chi connectivity index (χ1) is 5.66. The second-order valence-electron chi connectivity index (χ2n) is 1.86. The van der Waals surface area contributed by atoms with Crippen molar-refractivity contribution < 1.29 is 74.1 Å². The molecule has 3 nitrogen and oxygen atoms in total. The Morgan fingerprint density at radius 2 is 1.50 bits per heavy atom. The monoisotopic (exact) mass is 210 g/mol. The van der Waals surface area contributed by atoms with Crippen molar-refractivity contribution in [1.29, 1.82) is 0 Å². The zero-order valence-electron chi connectivity index (χ0n) is 8.40. The maximum absolute atomic E-state index is 8.33. The van der Waals surface area contributed by atoms with Gasteiger partial charge in [-0.25, -0.2) is 0 Å². The number of carboxylic acid groups (broad SMARTS) is 2. The van der Waals surface area contributed by atoms with Crippen LogP contribution in [0.4, 0.5) is 4.79 Å². The van der Waals surface area contributed by atoms with Crippen LogP contribution in [0.1, 0.15) is 5.56 Å². The predicted octanol–water partition coefficient (Wildman–Crippen LogP) is -6.11. The van der Waals surface area contributed by atoms with Gasteiger partial charge in [0.1, 0.15) is 0 Å². The van der Waals surface area contributed by atoms with Gasteiger partial charge >= 0.3 is 59.1 Å². The van der Waals surface area contributed by atoms with E-state index in [1.165, 1.54) is 5.56 Å². The fraction of sp³-hybridized carbons (Fsp3) is 0. The molecule has 0 spiro atoms. The topological polar surface area (TPSA) is 63.2 Å². The van der Waals surface area contributed by atoms with Crippen molar-refractivity contribution in [3.8, 4) is 0 Å². The van der Waals surface area contributed by atoms with Gasteiger partial charge in [-0.15, -0.1) is 0 Å². The first kappa shape index (κ1) is 19.7. The molecule has 0 aliphatic heterocycles. The average Bonchev–Trinajstić information content (AvgIpc) is 2.05.